The summed E-state index contributed by atoms with van der Waals surface area (Å²) in [7, 11) is 2.68. The van der Waals surface area contributed by atoms with E-state index < -0.39 is 0 Å². The van der Waals surface area contributed by atoms with E-state index in [0.717, 1.165) is 42.1 Å². The largest absolute Gasteiger partial charge is 0.493 e. The van der Waals surface area contributed by atoms with Gasteiger partial charge in [-0.05, 0) is 83.9 Å². The third kappa shape index (κ3) is 17.4. The van der Waals surface area contributed by atoms with Crippen molar-refractivity contribution in [2.24, 2.45) is 5.92 Å². The Labute approximate surface area is 283 Å². The predicted molar refractivity (Wildman–Crippen MR) is 191 cm³/mol. The van der Waals surface area contributed by atoms with E-state index in [4.69, 9.17) is 29.2 Å². The van der Waals surface area contributed by atoms with Gasteiger partial charge in [0.2, 0.25) is 0 Å². The third-order valence-corrected chi connectivity index (χ3v) is 8.11. The zero-order chi connectivity index (χ0) is 35.5. The smallest absolute Gasteiger partial charge is 0.147 e. The number of benzene rings is 2. The van der Waals surface area contributed by atoms with Crippen molar-refractivity contribution in [3.8, 4) is 22.6 Å². The van der Waals surface area contributed by atoms with Crippen LogP contribution in [0.25, 0.3) is 11.1 Å². The lowest BCUT2D eigenvalue weighted by Gasteiger charge is -2.29. The minimum atomic E-state index is -0.233. The Morgan fingerprint density at radius 1 is 0.872 bits per heavy atom. The lowest BCUT2D eigenvalue weighted by atomic mass is 9.76. The summed E-state index contributed by atoms with van der Waals surface area (Å²) in [6, 6.07) is 13.2. The molecule has 1 aliphatic carbocycles. The van der Waals surface area contributed by atoms with Gasteiger partial charge in [0.25, 0.3) is 0 Å². The Balaban J connectivity index is 0.00000187. The number of rotatable bonds is 18. The fourth-order valence-electron chi connectivity index (χ4n) is 5.48. The van der Waals surface area contributed by atoms with Gasteiger partial charge in [-0.1, -0.05) is 70.9 Å². The Kier molecular flexibility index (Phi) is 25.8. The van der Waals surface area contributed by atoms with Crippen LogP contribution in [-0.2, 0) is 20.7 Å². The number of hydrogen-bond acceptors (Lipinski definition) is 8. The molecule has 0 saturated heterocycles. The highest BCUT2D eigenvalue weighted by atomic mass is 16.5. The molecule has 0 unspecified atom stereocenters. The van der Waals surface area contributed by atoms with Crippen LogP contribution < -0.4 is 9.47 Å². The SMILES string of the molecule is C=C(C=O)CO.C=C(CO)CCOc1cc(OCCOC)cc(-c2ccc(C3CCC(CCCCC)CC3)cc2CC)c1.C=O.CO. The van der Waals surface area contributed by atoms with Crippen molar-refractivity contribution in [2.45, 2.75) is 84.0 Å². The quantitative estimate of drug-likeness (QED) is 0.0663. The summed E-state index contributed by atoms with van der Waals surface area (Å²) in [6.45, 7) is 14.8. The summed E-state index contributed by atoms with van der Waals surface area (Å²) < 4.78 is 17.2. The van der Waals surface area contributed by atoms with Crippen LogP contribution in [0.2, 0.25) is 0 Å². The molecule has 1 saturated carbocycles. The highest BCUT2D eigenvalue weighted by molar-refractivity contribution is 5.72. The van der Waals surface area contributed by atoms with Crippen molar-refractivity contribution in [1.29, 1.82) is 0 Å². The van der Waals surface area contributed by atoms with E-state index in [1.165, 1.54) is 68.1 Å². The number of aldehydes is 1. The van der Waals surface area contributed by atoms with Gasteiger partial charge in [-0.15, -0.1) is 0 Å². The maximum Gasteiger partial charge on any atom is 0.147 e. The molecule has 0 radical (unpaired) electrons. The Hall–Kier alpha value is -3.30. The highest BCUT2D eigenvalue weighted by Crippen LogP contribution is 2.40. The summed E-state index contributed by atoms with van der Waals surface area (Å²) in [5.74, 6) is 3.16. The first-order chi connectivity index (χ1) is 22.9. The molecule has 0 atom stereocenters. The number of aryl methyl sites for hydroxylation is 1. The van der Waals surface area contributed by atoms with Crippen LogP contribution in [0.15, 0.2) is 60.7 Å². The number of aliphatic hydroxyl groups is 3. The first-order valence-electron chi connectivity index (χ1n) is 16.7. The van der Waals surface area contributed by atoms with Crippen molar-refractivity contribution < 1.29 is 39.1 Å². The van der Waals surface area contributed by atoms with Crippen molar-refractivity contribution in [2.75, 3.05) is 47.3 Å². The van der Waals surface area contributed by atoms with Crippen LogP contribution in [0.4, 0.5) is 0 Å². The van der Waals surface area contributed by atoms with Gasteiger partial charge in [0, 0.05) is 32.3 Å². The maximum absolute atomic E-state index is 9.48. The lowest BCUT2D eigenvalue weighted by Crippen LogP contribution is -2.13. The van der Waals surface area contributed by atoms with Gasteiger partial charge in [-0.2, -0.15) is 0 Å². The van der Waals surface area contributed by atoms with Gasteiger partial charge >= 0.3 is 0 Å². The molecule has 2 aromatic carbocycles. The molecule has 3 rings (SSSR count). The molecule has 0 heterocycles. The van der Waals surface area contributed by atoms with Crippen LogP contribution in [0.5, 0.6) is 11.5 Å². The minimum absolute atomic E-state index is 0.0124. The third-order valence-electron chi connectivity index (χ3n) is 8.11. The van der Waals surface area contributed by atoms with Crippen molar-refractivity contribution in [1.82, 2.24) is 0 Å². The first-order valence-corrected chi connectivity index (χ1v) is 16.7. The van der Waals surface area contributed by atoms with Gasteiger partial charge < -0.3 is 34.3 Å². The van der Waals surface area contributed by atoms with Crippen LogP contribution in [-0.4, -0.2) is 75.6 Å². The summed E-state index contributed by atoms with van der Waals surface area (Å²) in [6.07, 6.45) is 13.0. The first kappa shape index (κ1) is 43.7. The van der Waals surface area contributed by atoms with Gasteiger partial charge in [0.05, 0.1) is 26.4 Å². The zero-order valence-electron chi connectivity index (χ0n) is 29.3. The monoisotopic (exact) mass is 656 g/mol. The average molecular weight is 657 g/mol. The van der Waals surface area contributed by atoms with Gasteiger partial charge in [0.15, 0.2) is 0 Å². The van der Waals surface area contributed by atoms with E-state index in [-0.39, 0.29) is 18.8 Å². The number of hydrogen-bond donors (Lipinski definition) is 3. The predicted octanol–water partition coefficient (Wildman–Crippen LogP) is 7.27. The average Bonchev–Trinajstić information content (AvgIpc) is 3.13. The molecule has 1 aliphatic rings. The maximum atomic E-state index is 9.48. The molecule has 8 heteroatoms. The molecule has 3 N–H and O–H groups in total. The molecule has 2 aromatic rings. The summed E-state index contributed by atoms with van der Waals surface area (Å²) in [5.41, 5.74) is 6.20. The summed E-state index contributed by atoms with van der Waals surface area (Å²) >= 11 is 0. The second kappa shape index (κ2) is 27.8. The van der Waals surface area contributed by atoms with E-state index in [1.54, 1.807) is 7.11 Å². The van der Waals surface area contributed by atoms with Crippen LogP contribution in [0.3, 0.4) is 0 Å². The fraction of sp³-hybridized carbons (Fsp3) is 0.538. The Morgan fingerprint density at radius 2 is 1.51 bits per heavy atom. The van der Waals surface area contributed by atoms with E-state index >= 15 is 0 Å². The molecule has 47 heavy (non-hydrogen) atoms. The van der Waals surface area contributed by atoms with E-state index in [1.807, 2.05) is 12.9 Å². The zero-order valence-corrected chi connectivity index (χ0v) is 29.3. The second-order valence-electron chi connectivity index (χ2n) is 11.5. The topological polar surface area (TPSA) is 123 Å². The number of methoxy groups -OCH3 is 1. The number of ether oxygens (including phenoxy) is 3. The standard InChI is InChI=1S/C33H48O4.C4H6O2.CH4O.CH2O/c1-5-7-8-9-26-10-12-28(13-11-26)29-14-15-33(27(6-2)20-29)30-21-31(36-17-16-25(3)24-34)23-32(22-30)37-19-18-35-4;1-4(2-5)3-6;2*1-2/h14-15,20-23,26,28,34H,3,5-13,16-19,24H2,1-2,4H3;2,6H,1,3H2;2H,1H3;1H2. The number of carbonyl (C=O) groups excluding carboxylic acids is 2. The molecule has 0 aromatic heterocycles. The van der Waals surface area contributed by atoms with Gasteiger partial charge in [0.1, 0.15) is 31.2 Å². The van der Waals surface area contributed by atoms with Crippen molar-refractivity contribution >= 4 is 13.1 Å². The molecule has 8 nitrogen and oxygen atoms in total. The summed E-state index contributed by atoms with van der Waals surface area (Å²) in [5, 5.41) is 24.2. The molecular formula is C39H60O8. The molecule has 1 fully saturated rings. The molecule has 0 amide bonds. The van der Waals surface area contributed by atoms with Crippen LogP contribution in [0.1, 0.15) is 88.7 Å². The molecular weight excluding hydrogens is 596 g/mol. The van der Waals surface area contributed by atoms with E-state index in [9.17, 15) is 9.90 Å². The number of carbonyl (C=O) groups is 2. The molecule has 0 aliphatic heterocycles. The number of aliphatic hydroxyl groups excluding tert-OH is 3. The molecule has 0 bridgehead atoms. The van der Waals surface area contributed by atoms with E-state index in [0.29, 0.717) is 38.4 Å². The van der Waals surface area contributed by atoms with Crippen molar-refractivity contribution in [3.63, 3.8) is 0 Å². The number of unbranched alkanes of at least 4 members (excludes halogenated alkanes) is 2. The fourth-order valence-corrected chi connectivity index (χ4v) is 5.48. The van der Waals surface area contributed by atoms with Crippen molar-refractivity contribution in [3.05, 3.63) is 71.8 Å². The van der Waals surface area contributed by atoms with Gasteiger partial charge in [-0.25, -0.2) is 0 Å². The van der Waals surface area contributed by atoms with E-state index in [2.05, 4.69) is 57.3 Å². The van der Waals surface area contributed by atoms with Crippen LogP contribution >= 0.6 is 0 Å². The summed E-state index contributed by atoms with van der Waals surface area (Å²) in [4.78, 5) is 17.5. The van der Waals surface area contributed by atoms with Crippen LogP contribution in [0, 0.1) is 5.92 Å². The Bertz CT molecular complexity index is 1140. The highest BCUT2D eigenvalue weighted by Gasteiger charge is 2.23. The van der Waals surface area contributed by atoms with Gasteiger partial charge in [-0.3, -0.25) is 4.79 Å². The Morgan fingerprint density at radius 3 is 2.02 bits per heavy atom. The second-order valence-corrected chi connectivity index (χ2v) is 11.5. The lowest BCUT2D eigenvalue weighted by molar-refractivity contribution is -0.105. The normalized spacial score (nSPS) is 15.0. The molecule has 264 valence electrons. The molecule has 0 spiro atoms. The minimum Gasteiger partial charge on any atom is -0.493 e.